The van der Waals surface area contributed by atoms with E-state index in [1.807, 2.05) is 0 Å². The van der Waals surface area contributed by atoms with Crippen LogP contribution < -0.4 is 0 Å². The fraction of sp³-hybridized carbons (Fsp3) is 0.400. The van der Waals surface area contributed by atoms with E-state index in [2.05, 4.69) is 16.3 Å². The third-order valence-electron chi connectivity index (χ3n) is 0.495. The molecule has 0 heterocycles. The first kappa shape index (κ1) is 7.66. The van der Waals surface area contributed by atoms with E-state index in [-0.39, 0.29) is 0 Å². The summed E-state index contributed by atoms with van der Waals surface area (Å²) in [6.07, 6.45) is 1.38. The Bertz CT molecular complexity index is 101. The quantitative estimate of drug-likeness (QED) is 0.534. The van der Waals surface area contributed by atoms with Crippen molar-refractivity contribution in [1.29, 1.82) is 0 Å². The maximum Gasteiger partial charge on any atom is 0.131 e. The van der Waals surface area contributed by atoms with Crippen LogP contribution in [0.4, 0.5) is 0 Å². The number of hydrogen-bond acceptors (Lipinski definition) is 2. The van der Waals surface area contributed by atoms with Gasteiger partial charge in [-0.05, 0) is 0 Å². The molecule has 0 aromatic heterocycles. The van der Waals surface area contributed by atoms with E-state index in [0.717, 1.165) is 0 Å². The molecular formula is C5H8ClNO. The molecule has 0 bridgehead atoms. The second-order valence-electron chi connectivity index (χ2n) is 1.12. The zero-order valence-electron chi connectivity index (χ0n) is 4.72. The molecule has 0 unspecified atom stereocenters. The topological polar surface area (TPSA) is 21.6 Å². The zero-order valence-corrected chi connectivity index (χ0v) is 5.48. The highest BCUT2D eigenvalue weighted by Crippen LogP contribution is 1.85. The van der Waals surface area contributed by atoms with Gasteiger partial charge in [0, 0.05) is 13.3 Å². The van der Waals surface area contributed by atoms with Crippen LogP contribution in [0.3, 0.4) is 0 Å². The molecular weight excluding hydrogens is 126 g/mol. The normalized spacial score (nSPS) is 11.5. The Labute approximate surface area is 53.8 Å². The molecule has 0 saturated heterocycles. The smallest absolute Gasteiger partial charge is 0.131 e. The van der Waals surface area contributed by atoms with Gasteiger partial charge in [-0.2, -0.15) is 0 Å². The number of rotatable bonds is 3. The Morgan fingerprint density at radius 1 is 2.00 bits per heavy atom. The van der Waals surface area contributed by atoms with E-state index >= 15 is 0 Å². The predicted octanol–water partition coefficient (Wildman–Crippen LogP) is 1.41. The van der Waals surface area contributed by atoms with Crippen LogP contribution in [0.1, 0.15) is 0 Å². The van der Waals surface area contributed by atoms with Crippen molar-refractivity contribution in [2.45, 2.75) is 0 Å². The number of nitrogens with zero attached hydrogens (tertiary/aromatic N) is 1. The third-order valence-corrected chi connectivity index (χ3v) is 0.702. The van der Waals surface area contributed by atoms with Crippen molar-refractivity contribution in [3.05, 3.63) is 12.8 Å². The monoisotopic (exact) mass is 133 g/mol. The Hall–Kier alpha value is -0.340. The number of methoxy groups -OCH3 is 1. The van der Waals surface area contributed by atoms with Crippen LogP contribution in [-0.2, 0) is 4.74 Å². The molecule has 2 nitrogen and oxygen atoms in total. The lowest BCUT2D eigenvalue weighted by Gasteiger charge is -1.90. The summed E-state index contributed by atoms with van der Waals surface area (Å²) in [6, 6.07) is 0. The summed E-state index contributed by atoms with van der Waals surface area (Å²) in [5, 5.41) is 0.419. The first-order valence-electron chi connectivity index (χ1n) is 2.13. The summed E-state index contributed by atoms with van der Waals surface area (Å²) < 4.78 is 4.65. The molecule has 0 aromatic rings. The summed E-state index contributed by atoms with van der Waals surface area (Å²) in [6.45, 7) is 3.71. The van der Waals surface area contributed by atoms with Crippen LogP contribution in [-0.4, -0.2) is 18.9 Å². The van der Waals surface area contributed by atoms with Crippen molar-refractivity contribution in [3.8, 4) is 0 Å². The first-order valence-corrected chi connectivity index (χ1v) is 2.51. The molecule has 0 aromatic carbocycles. The number of hydrogen-bond donors (Lipinski definition) is 0. The van der Waals surface area contributed by atoms with Crippen molar-refractivity contribution < 1.29 is 4.74 Å². The minimum atomic E-state index is 0.355. The lowest BCUT2D eigenvalue weighted by molar-refractivity contribution is 0.247. The molecule has 0 atom stereocenters. The van der Waals surface area contributed by atoms with Crippen molar-refractivity contribution in [2.75, 3.05) is 13.7 Å². The molecule has 0 aliphatic rings. The van der Waals surface area contributed by atoms with Crippen LogP contribution in [0.25, 0.3) is 0 Å². The summed E-state index contributed by atoms with van der Waals surface area (Å²) in [5.41, 5.74) is 0. The van der Waals surface area contributed by atoms with Gasteiger partial charge in [-0.25, -0.2) is 4.99 Å². The summed E-state index contributed by atoms with van der Waals surface area (Å²) in [4.78, 5) is 3.64. The van der Waals surface area contributed by atoms with Gasteiger partial charge < -0.3 is 4.74 Å². The molecule has 0 rings (SSSR count). The molecule has 0 spiro atoms. The fourth-order valence-electron chi connectivity index (χ4n) is 0.255. The molecule has 0 amide bonds. The van der Waals surface area contributed by atoms with Gasteiger partial charge in [0.25, 0.3) is 0 Å². The number of ether oxygens (including phenoxy) is 1. The molecule has 0 saturated carbocycles. The van der Waals surface area contributed by atoms with E-state index in [0.29, 0.717) is 11.8 Å². The minimum absolute atomic E-state index is 0.355. The second-order valence-corrected chi connectivity index (χ2v) is 1.56. The maximum atomic E-state index is 5.43. The average Bonchev–Trinajstić information content (AvgIpc) is 1.68. The summed E-state index contributed by atoms with van der Waals surface area (Å²) in [7, 11) is 1.56. The van der Waals surface area contributed by atoms with Gasteiger partial charge in [-0.1, -0.05) is 18.2 Å². The van der Waals surface area contributed by atoms with Crippen molar-refractivity contribution in [1.82, 2.24) is 0 Å². The lowest BCUT2D eigenvalue weighted by Crippen LogP contribution is -1.96. The van der Waals surface area contributed by atoms with E-state index in [9.17, 15) is 0 Å². The molecule has 0 fully saturated rings. The van der Waals surface area contributed by atoms with Crippen molar-refractivity contribution >= 4 is 16.8 Å². The SMILES string of the molecule is C=CN=C(Cl)COC. The van der Waals surface area contributed by atoms with Gasteiger partial charge in [0.15, 0.2) is 0 Å². The van der Waals surface area contributed by atoms with Crippen LogP contribution in [0.2, 0.25) is 0 Å². The van der Waals surface area contributed by atoms with Crippen molar-refractivity contribution in [3.63, 3.8) is 0 Å². The Kier molecular flexibility index (Phi) is 4.61. The standard InChI is InChI=1S/C5H8ClNO/c1-3-7-5(6)4-8-2/h3H,1,4H2,2H3. The van der Waals surface area contributed by atoms with Gasteiger partial charge in [0.1, 0.15) is 5.17 Å². The van der Waals surface area contributed by atoms with Crippen molar-refractivity contribution in [2.24, 2.45) is 4.99 Å². The molecule has 8 heavy (non-hydrogen) atoms. The maximum absolute atomic E-state index is 5.43. The van der Waals surface area contributed by atoms with Gasteiger partial charge in [-0.15, -0.1) is 0 Å². The Balaban J connectivity index is 3.44. The summed E-state index contributed by atoms with van der Waals surface area (Å²) in [5.74, 6) is 0. The van der Waals surface area contributed by atoms with E-state index in [1.165, 1.54) is 6.20 Å². The molecule has 0 aliphatic heterocycles. The van der Waals surface area contributed by atoms with Crippen LogP contribution in [0, 0.1) is 0 Å². The lowest BCUT2D eigenvalue weighted by atomic mass is 10.8. The first-order chi connectivity index (χ1) is 3.81. The van der Waals surface area contributed by atoms with Crippen LogP contribution in [0.5, 0.6) is 0 Å². The minimum Gasteiger partial charge on any atom is -0.377 e. The predicted molar refractivity (Wildman–Crippen MR) is 35.4 cm³/mol. The van der Waals surface area contributed by atoms with Gasteiger partial charge in [-0.3, -0.25) is 0 Å². The van der Waals surface area contributed by atoms with E-state index in [1.54, 1.807) is 7.11 Å². The van der Waals surface area contributed by atoms with Gasteiger partial charge in [0.05, 0.1) is 6.61 Å². The van der Waals surface area contributed by atoms with Crippen LogP contribution in [0.15, 0.2) is 17.8 Å². The Morgan fingerprint density at radius 3 is 3.00 bits per heavy atom. The molecule has 0 aliphatic carbocycles. The fourth-order valence-corrected chi connectivity index (χ4v) is 0.434. The molecule has 46 valence electrons. The average molecular weight is 134 g/mol. The highest BCUT2D eigenvalue weighted by atomic mass is 35.5. The second kappa shape index (κ2) is 4.81. The van der Waals surface area contributed by atoms with E-state index in [4.69, 9.17) is 11.6 Å². The van der Waals surface area contributed by atoms with Gasteiger partial charge >= 0.3 is 0 Å². The Morgan fingerprint density at radius 2 is 2.62 bits per heavy atom. The number of aliphatic imine (C=N–C) groups is 1. The third kappa shape index (κ3) is 3.84. The zero-order chi connectivity index (χ0) is 6.41. The van der Waals surface area contributed by atoms with Crippen LogP contribution >= 0.6 is 11.6 Å². The molecule has 0 N–H and O–H groups in total. The van der Waals surface area contributed by atoms with E-state index < -0.39 is 0 Å². The highest BCUT2D eigenvalue weighted by Gasteiger charge is 1.86. The summed E-state index contributed by atoms with van der Waals surface area (Å²) >= 11 is 5.43. The largest absolute Gasteiger partial charge is 0.377 e. The number of halogens is 1. The molecule has 3 heteroatoms. The molecule has 0 radical (unpaired) electrons. The highest BCUT2D eigenvalue weighted by molar-refractivity contribution is 6.65. The van der Waals surface area contributed by atoms with Gasteiger partial charge in [0.2, 0.25) is 0 Å².